The van der Waals surface area contributed by atoms with E-state index in [2.05, 4.69) is 4.98 Å². The smallest absolute Gasteiger partial charge is 0.131 e. The Hall–Kier alpha value is -1.55. The number of aromatic nitrogens is 1. The van der Waals surface area contributed by atoms with Gasteiger partial charge in [0.05, 0.1) is 11.2 Å². The summed E-state index contributed by atoms with van der Waals surface area (Å²) in [6.45, 7) is 2.49. The van der Waals surface area contributed by atoms with Gasteiger partial charge in [-0.15, -0.1) is 11.3 Å². The van der Waals surface area contributed by atoms with E-state index in [-0.39, 0.29) is 0 Å². The highest BCUT2D eigenvalue weighted by Crippen LogP contribution is 2.21. The van der Waals surface area contributed by atoms with Crippen LogP contribution in [0.25, 0.3) is 0 Å². The van der Waals surface area contributed by atoms with Crippen LogP contribution in [0.15, 0.2) is 29.1 Å². The fourth-order valence-electron chi connectivity index (χ4n) is 1.30. The molecule has 4 heteroatoms. The van der Waals surface area contributed by atoms with Crippen LogP contribution in [-0.4, -0.2) is 4.98 Å². The minimum absolute atomic E-state index is 0.508. The lowest BCUT2D eigenvalue weighted by molar-refractivity contribution is 0.300. The number of ether oxygens (including phenoxy) is 1. The number of nitrogen functional groups attached to an aromatic ring is 1. The van der Waals surface area contributed by atoms with Crippen LogP contribution in [0.3, 0.4) is 0 Å². The summed E-state index contributed by atoms with van der Waals surface area (Å²) in [4.78, 5) is 4.15. The molecule has 1 aromatic heterocycles. The van der Waals surface area contributed by atoms with Crippen LogP contribution < -0.4 is 10.5 Å². The van der Waals surface area contributed by atoms with Crippen molar-refractivity contribution < 1.29 is 4.74 Å². The molecule has 2 rings (SSSR count). The topological polar surface area (TPSA) is 48.1 Å². The Labute approximate surface area is 92.5 Å². The predicted octanol–water partition coefficient (Wildman–Crippen LogP) is 2.61. The SMILES string of the molecule is Cc1cc(N)ccc1OCc1cscn1. The molecule has 0 fully saturated rings. The van der Waals surface area contributed by atoms with E-state index in [9.17, 15) is 0 Å². The lowest BCUT2D eigenvalue weighted by Crippen LogP contribution is -1.97. The fraction of sp³-hybridized carbons (Fsp3) is 0.182. The van der Waals surface area contributed by atoms with Gasteiger partial charge in [0.2, 0.25) is 0 Å². The summed E-state index contributed by atoms with van der Waals surface area (Å²) < 4.78 is 5.62. The van der Waals surface area contributed by atoms with Gasteiger partial charge in [0.25, 0.3) is 0 Å². The Morgan fingerprint density at radius 2 is 2.33 bits per heavy atom. The Morgan fingerprint density at radius 1 is 1.47 bits per heavy atom. The predicted molar refractivity (Wildman–Crippen MR) is 62.0 cm³/mol. The van der Waals surface area contributed by atoms with Crippen LogP contribution in [0, 0.1) is 6.92 Å². The van der Waals surface area contributed by atoms with Gasteiger partial charge >= 0.3 is 0 Å². The summed E-state index contributed by atoms with van der Waals surface area (Å²) in [5.41, 5.74) is 10.2. The number of hydrogen-bond donors (Lipinski definition) is 1. The molecule has 15 heavy (non-hydrogen) atoms. The first-order valence-electron chi connectivity index (χ1n) is 4.61. The highest BCUT2D eigenvalue weighted by molar-refractivity contribution is 7.07. The molecular formula is C11H12N2OS. The van der Waals surface area contributed by atoms with E-state index in [4.69, 9.17) is 10.5 Å². The summed E-state index contributed by atoms with van der Waals surface area (Å²) in [6.07, 6.45) is 0. The quantitative estimate of drug-likeness (QED) is 0.809. The molecular weight excluding hydrogens is 208 g/mol. The molecule has 78 valence electrons. The highest BCUT2D eigenvalue weighted by Gasteiger charge is 2.01. The van der Waals surface area contributed by atoms with Crippen LogP contribution in [0.4, 0.5) is 5.69 Å². The molecule has 0 spiro atoms. The molecule has 0 saturated carbocycles. The van der Waals surface area contributed by atoms with Gasteiger partial charge in [-0.2, -0.15) is 0 Å². The van der Waals surface area contributed by atoms with E-state index >= 15 is 0 Å². The van der Waals surface area contributed by atoms with Gasteiger partial charge in [-0.3, -0.25) is 0 Å². The minimum Gasteiger partial charge on any atom is -0.487 e. The van der Waals surface area contributed by atoms with Crippen molar-refractivity contribution in [2.45, 2.75) is 13.5 Å². The largest absolute Gasteiger partial charge is 0.487 e. The number of nitrogens with zero attached hydrogens (tertiary/aromatic N) is 1. The summed E-state index contributed by atoms with van der Waals surface area (Å²) in [5, 5.41) is 1.98. The molecule has 0 amide bonds. The van der Waals surface area contributed by atoms with Gasteiger partial charge in [0, 0.05) is 11.1 Å². The molecule has 0 atom stereocenters. The Bertz CT molecular complexity index is 440. The molecule has 0 aliphatic heterocycles. The third-order valence-electron chi connectivity index (χ3n) is 2.06. The van der Waals surface area contributed by atoms with Crippen molar-refractivity contribution in [3.8, 4) is 5.75 Å². The maximum atomic E-state index is 5.65. The number of hydrogen-bond acceptors (Lipinski definition) is 4. The fourth-order valence-corrected chi connectivity index (χ4v) is 1.84. The second-order valence-electron chi connectivity index (χ2n) is 3.29. The first-order valence-corrected chi connectivity index (χ1v) is 5.56. The molecule has 3 nitrogen and oxygen atoms in total. The normalized spacial score (nSPS) is 10.2. The number of rotatable bonds is 3. The maximum absolute atomic E-state index is 5.65. The lowest BCUT2D eigenvalue weighted by atomic mass is 10.2. The van der Waals surface area contributed by atoms with Crippen molar-refractivity contribution in [3.05, 3.63) is 40.3 Å². The van der Waals surface area contributed by atoms with Crippen molar-refractivity contribution in [3.63, 3.8) is 0 Å². The summed E-state index contributed by atoms with van der Waals surface area (Å²) >= 11 is 1.57. The average Bonchev–Trinajstić information content (AvgIpc) is 2.69. The Morgan fingerprint density at radius 3 is 3.00 bits per heavy atom. The van der Waals surface area contributed by atoms with Gasteiger partial charge < -0.3 is 10.5 Å². The molecule has 0 aliphatic carbocycles. The second kappa shape index (κ2) is 4.31. The summed E-state index contributed by atoms with van der Waals surface area (Å²) in [5.74, 6) is 0.859. The molecule has 0 saturated heterocycles. The van der Waals surface area contributed by atoms with Gasteiger partial charge in [0.15, 0.2) is 0 Å². The van der Waals surface area contributed by atoms with Crippen molar-refractivity contribution in [1.29, 1.82) is 0 Å². The van der Waals surface area contributed by atoms with Crippen molar-refractivity contribution in [1.82, 2.24) is 4.98 Å². The minimum atomic E-state index is 0.508. The van der Waals surface area contributed by atoms with Gasteiger partial charge in [-0.05, 0) is 30.7 Å². The third-order valence-corrected chi connectivity index (χ3v) is 2.69. The van der Waals surface area contributed by atoms with Crippen LogP contribution in [-0.2, 0) is 6.61 Å². The highest BCUT2D eigenvalue weighted by atomic mass is 32.1. The van der Waals surface area contributed by atoms with Gasteiger partial charge in [-0.1, -0.05) is 0 Å². The summed E-state index contributed by atoms with van der Waals surface area (Å²) in [6, 6.07) is 5.62. The first-order chi connectivity index (χ1) is 7.25. The summed E-state index contributed by atoms with van der Waals surface area (Å²) in [7, 11) is 0. The van der Waals surface area contributed by atoms with E-state index in [1.54, 1.807) is 16.8 Å². The van der Waals surface area contributed by atoms with Gasteiger partial charge in [0.1, 0.15) is 12.4 Å². The first kappa shape index (κ1) is 9.98. The van der Waals surface area contributed by atoms with Crippen molar-refractivity contribution in [2.75, 3.05) is 5.73 Å². The molecule has 0 bridgehead atoms. The maximum Gasteiger partial charge on any atom is 0.131 e. The number of aryl methyl sites for hydroxylation is 1. The monoisotopic (exact) mass is 220 g/mol. The average molecular weight is 220 g/mol. The van der Waals surface area contributed by atoms with Crippen LogP contribution in [0.1, 0.15) is 11.3 Å². The van der Waals surface area contributed by atoms with Crippen molar-refractivity contribution in [2.24, 2.45) is 0 Å². The Balaban J connectivity index is 2.05. The van der Waals surface area contributed by atoms with Crippen LogP contribution >= 0.6 is 11.3 Å². The van der Waals surface area contributed by atoms with E-state index in [1.807, 2.05) is 30.5 Å². The molecule has 2 aromatic rings. The zero-order valence-electron chi connectivity index (χ0n) is 8.43. The van der Waals surface area contributed by atoms with E-state index in [0.717, 1.165) is 22.7 Å². The molecule has 1 heterocycles. The van der Waals surface area contributed by atoms with E-state index < -0.39 is 0 Å². The molecule has 0 unspecified atom stereocenters. The van der Waals surface area contributed by atoms with E-state index in [1.165, 1.54) is 0 Å². The number of benzene rings is 1. The third kappa shape index (κ3) is 2.47. The van der Waals surface area contributed by atoms with E-state index in [0.29, 0.717) is 6.61 Å². The van der Waals surface area contributed by atoms with Crippen LogP contribution in [0.2, 0.25) is 0 Å². The van der Waals surface area contributed by atoms with Gasteiger partial charge in [-0.25, -0.2) is 4.98 Å². The zero-order valence-corrected chi connectivity index (χ0v) is 9.25. The number of nitrogens with two attached hydrogens (primary N) is 1. The van der Waals surface area contributed by atoms with Crippen LogP contribution in [0.5, 0.6) is 5.75 Å². The zero-order chi connectivity index (χ0) is 10.7. The second-order valence-corrected chi connectivity index (χ2v) is 4.01. The number of anilines is 1. The molecule has 2 N–H and O–H groups in total. The molecule has 1 aromatic carbocycles. The standard InChI is InChI=1S/C11H12N2OS/c1-8-4-9(12)2-3-11(8)14-5-10-6-15-7-13-10/h2-4,6-7H,5,12H2,1H3. The molecule has 0 aliphatic rings. The molecule has 0 radical (unpaired) electrons. The number of thiazole rings is 1. The Kier molecular flexibility index (Phi) is 2.87. The lowest BCUT2D eigenvalue weighted by Gasteiger charge is -2.07. The van der Waals surface area contributed by atoms with Crippen molar-refractivity contribution >= 4 is 17.0 Å².